The van der Waals surface area contributed by atoms with E-state index >= 15 is 0 Å². The molecule has 3 aliphatic rings. The predicted octanol–water partition coefficient (Wildman–Crippen LogP) is 6.41. The van der Waals surface area contributed by atoms with Crippen LogP contribution in [0.3, 0.4) is 0 Å². The van der Waals surface area contributed by atoms with Gasteiger partial charge in [0.15, 0.2) is 0 Å². The third kappa shape index (κ3) is 4.76. The van der Waals surface area contributed by atoms with Crippen molar-refractivity contribution in [1.82, 2.24) is 24.4 Å². The fourth-order valence-corrected chi connectivity index (χ4v) is 7.20. The van der Waals surface area contributed by atoms with Crippen LogP contribution in [0, 0.1) is 18.8 Å². The molecule has 5 aromatic rings. The number of hydrogen-bond acceptors (Lipinski definition) is 4. The number of piperidine rings is 1. The molecule has 1 aliphatic carbocycles. The second-order valence-corrected chi connectivity index (χ2v) is 13.1. The Morgan fingerprint density at radius 1 is 1.09 bits per heavy atom. The van der Waals surface area contributed by atoms with E-state index in [2.05, 4.69) is 40.2 Å². The lowest BCUT2D eigenvalue weighted by molar-refractivity contribution is 0.0554. The topological polar surface area (TPSA) is 80.9 Å². The Balaban J connectivity index is 1.23. The molecule has 2 fully saturated rings. The summed E-state index contributed by atoms with van der Waals surface area (Å²) in [6, 6.07) is 16.5. The third-order valence-electron chi connectivity index (χ3n) is 9.70. The number of nitrogens with zero attached hydrogens (tertiary/aromatic N) is 4. The van der Waals surface area contributed by atoms with Crippen molar-refractivity contribution < 1.29 is 18.7 Å². The first-order valence-electron chi connectivity index (χ1n) is 15.8. The predicted molar refractivity (Wildman–Crippen MR) is 171 cm³/mol. The number of aryl methyl sites for hydroxylation is 1. The first kappa shape index (κ1) is 27.9. The number of alkyl halides is 1. The third-order valence-corrected chi connectivity index (χ3v) is 9.70. The van der Waals surface area contributed by atoms with E-state index in [9.17, 15) is 14.0 Å². The number of hydrogen-bond donors (Lipinski definition) is 1. The second kappa shape index (κ2) is 10.5. The largest absolute Gasteiger partial charge is 0.494 e. The van der Waals surface area contributed by atoms with Gasteiger partial charge in [-0.15, -0.1) is 0 Å². The lowest BCUT2D eigenvalue weighted by atomic mass is 9.98. The van der Waals surface area contributed by atoms with E-state index in [4.69, 9.17) is 9.84 Å². The number of rotatable bonds is 6. The van der Waals surface area contributed by atoms with Crippen molar-refractivity contribution in [1.29, 1.82) is 0 Å². The van der Waals surface area contributed by atoms with Crippen molar-refractivity contribution in [2.45, 2.75) is 52.4 Å². The van der Waals surface area contributed by atoms with Crippen molar-refractivity contribution in [3.05, 3.63) is 77.0 Å². The maximum absolute atomic E-state index is 14.4. The van der Waals surface area contributed by atoms with E-state index < -0.39 is 6.17 Å². The van der Waals surface area contributed by atoms with Gasteiger partial charge in [-0.3, -0.25) is 9.59 Å². The molecule has 0 radical (unpaired) electrons. The molecule has 45 heavy (non-hydrogen) atoms. The zero-order valence-electron chi connectivity index (χ0n) is 25.8. The molecule has 8 rings (SSSR count). The van der Waals surface area contributed by atoms with Crippen molar-refractivity contribution in [2.75, 3.05) is 20.2 Å². The molecule has 2 amide bonds. The Morgan fingerprint density at radius 3 is 2.67 bits per heavy atom. The zero-order chi connectivity index (χ0) is 31.0. The lowest BCUT2D eigenvalue weighted by Crippen LogP contribution is -2.44. The zero-order valence-corrected chi connectivity index (χ0v) is 25.8. The summed E-state index contributed by atoms with van der Waals surface area (Å²) in [7, 11) is 1.60. The Kier molecular flexibility index (Phi) is 6.48. The van der Waals surface area contributed by atoms with Crippen LogP contribution in [0.15, 0.2) is 54.7 Å². The Morgan fingerprint density at radius 2 is 1.89 bits per heavy atom. The van der Waals surface area contributed by atoms with Crippen molar-refractivity contribution in [3.63, 3.8) is 0 Å². The molecule has 1 saturated carbocycles. The van der Waals surface area contributed by atoms with Crippen LogP contribution in [0.25, 0.3) is 38.9 Å². The number of methoxy groups -OCH3 is 1. The quantitative estimate of drug-likeness (QED) is 0.243. The van der Waals surface area contributed by atoms with Gasteiger partial charge in [-0.25, -0.2) is 8.91 Å². The minimum atomic E-state index is -1.02. The number of aromatic nitrogens is 3. The van der Waals surface area contributed by atoms with Crippen LogP contribution in [0.5, 0.6) is 5.75 Å². The lowest BCUT2D eigenvalue weighted by Gasteiger charge is -2.33. The summed E-state index contributed by atoms with van der Waals surface area (Å²) in [5.41, 5.74) is 9.03. The van der Waals surface area contributed by atoms with Gasteiger partial charge in [-0.1, -0.05) is 31.2 Å². The molecule has 5 heterocycles. The molecule has 2 aliphatic heterocycles. The number of fused-ring (bicyclic) bond motifs is 3. The molecule has 9 heteroatoms. The highest BCUT2D eigenvalue weighted by molar-refractivity contribution is 6.00. The molecule has 1 saturated heterocycles. The number of carbonyl (C=O) groups excluding carboxylic acids is 2. The molecule has 2 atom stereocenters. The van der Waals surface area contributed by atoms with E-state index in [0.717, 1.165) is 62.2 Å². The summed E-state index contributed by atoms with van der Waals surface area (Å²) >= 11 is 0. The summed E-state index contributed by atoms with van der Waals surface area (Å²) in [6.07, 6.45) is 3.63. The highest BCUT2D eigenvalue weighted by atomic mass is 19.1. The molecule has 0 bridgehead atoms. The van der Waals surface area contributed by atoms with E-state index in [-0.39, 0.29) is 24.3 Å². The Hall–Kier alpha value is -4.66. The monoisotopic (exact) mass is 605 g/mol. The van der Waals surface area contributed by atoms with Gasteiger partial charge in [-0.05, 0) is 79.0 Å². The van der Waals surface area contributed by atoms with Gasteiger partial charge in [0.1, 0.15) is 23.1 Å². The summed E-state index contributed by atoms with van der Waals surface area (Å²) in [5.74, 6) is 1.06. The van der Waals surface area contributed by atoms with Gasteiger partial charge in [0, 0.05) is 47.9 Å². The fraction of sp³-hybridized carbons (Fsp3) is 0.361. The first-order chi connectivity index (χ1) is 21.8. The van der Waals surface area contributed by atoms with Crippen LogP contribution in [0.1, 0.15) is 58.0 Å². The van der Waals surface area contributed by atoms with Gasteiger partial charge >= 0.3 is 0 Å². The number of benzene rings is 2. The van der Waals surface area contributed by atoms with E-state index in [1.807, 2.05) is 26.0 Å². The van der Waals surface area contributed by atoms with Crippen LogP contribution in [-0.4, -0.2) is 57.3 Å². The molecule has 2 aromatic carbocycles. The van der Waals surface area contributed by atoms with E-state index in [0.29, 0.717) is 36.7 Å². The van der Waals surface area contributed by atoms with E-state index in [1.54, 1.807) is 28.8 Å². The highest BCUT2D eigenvalue weighted by Crippen LogP contribution is 2.40. The molecular formula is C36H36FN5O3. The van der Waals surface area contributed by atoms with Gasteiger partial charge in [0.25, 0.3) is 11.8 Å². The van der Waals surface area contributed by atoms with Gasteiger partial charge in [0.2, 0.25) is 0 Å². The van der Waals surface area contributed by atoms with Crippen LogP contribution in [-0.2, 0) is 13.1 Å². The number of ether oxygens (including phenoxy) is 1. The molecule has 3 aromatic heterocycles. The fourth-order valence-electron chi connectivity index (χ4n) is 7.20. The standard InChI is InChI=1S/C36H36FN5O3/c1-20-10-28(37)19-40(16-20)36(44)27-14-32(45-3)34-21(2)33(39-42(34)18-27)31-13-25-8-6-24(12-30(25)41(31)17-22-4-5-22)23-7-9-26-15-38-35(43)29(26)11-23/h6-9,11-14,18,20,22,28H,4-5,10,15-17,19H2,1-3H3,(H,38,43)/t20-,28-/m1/s1. The number of carbonyl (C=O) groups is 2. The maximum Gasteiger partial charge on any atom is 0.255 e. The SMILES string of the molecule is COc1cc(C(=O)N2C[C@H](C)C[C@@H](F)C2)cn2nc(-c3cc4ccc(-c5ccc6c(c5)C(=O)NC6)cc4n3CC3CC3)c(C)c12. The average Bonchev–Trinajstić information content (AvgIpc) is 3.56. The number of likely N-dealkylation sites (tertiary alicyclic amines) is 1. The highest BCUT2D eigenvalue weighted by Gasteiger charge is 2.30. The van der Waals surface area contributed by atoms with Gasteiger partial charge < -0.3 is 19.5 Å². The number of halogens is 1. The van der Waals surface area contributed by atoms with Crippen molar-refractivity contribution in [3.8, 4) is 28.3 Å². The normalized spacial score (nSPS) is 19.7. The smallest absolute Gasteiger partial charge is 0.255 e. The Labute approximate surface area is 260 Å². The maximum atomic E-state index is 14.4. The summed E-state index contributed by atoms with van der Waals surface area (Å²) < 4.78 is 24.3. The summed E-state index contributed by atoms with van der Waals surface area (Å²) in [5, 5.41) is 9.08. The molecule has 0 spiro atoms. The molecule has 1 N–H and O–H groups in total. The van der Waals surface area contributed by atoms with E-state index in [1.165, 1.54) is 12.8 Å². The summed E-state index contributed by atoms with van der Waals surface area (Å²) in [6.45, 7) is 6.13. The molecule has 230 valence electrons. The first-order valence-corrected chi connectivity index (χ1v) is 15.8. The van der Waals surface area contributed by atoms with Crippen LogP contribution < -0.4 is 10.1 Å². The molecular weight excluding hydrogens is 569 g/mol. The van der Waals surface area contributed by atoms with Crippen LogP contribution in [0.4, 0.5) is 4.39 Å². The molecule has 0 unspecified atom stereocenters. The number of amides is 2. The van der Waals surface area contributed by atoms with Gasteiger partial charge in [-0.2, -0.15) is 5.10 Å². The minimum absolute atomic E-state index is 0.0213. The Bertz CT molecular complexity index is 2010. The second-order valence-electron chi connectivity index (χ2n) is 13.1. The summed E-state index contributed by atoms with van der Waals surface area (Å²) in [4.78, 5) is 27.5. The van der Waals surface area contributed by atoms with Crippen molar-refractivity contribution in [2.24, 2.45) is 11.8 Å². The molecule has 8 nitrogen and oxygen atoms in total. The van der Waals surface area contributed by atoms with Gasteiger partial charge in [0.05, 0.1) is 24.9 Å². The van der Waals surface area contributed by atoms with Crippen LogP contribution in [0.2, 0.25) is 0 Å². The van der Waals surface area contributed by atoms with Crippen molar-refractivity contribution >= 4 is 28.2 Å². The number of pyridine rings is 1. The number of nitrogens with one attached hydrogen (secondary N) is 1. The minimum Gasteiger partial charge on any atom is -0.494 e. The van der Waals surface area contributed by atoms with Crippen LogP contribution >= 0.6 is 0 Å². The average molecular weight is 606 g/mol.